The molecule has 0 amide bonds. The number of para-hydroxylation sites is 1. The van der Waals surface area contributed by atoms with E-state index in [-0.39, 0.29) is 23.0 Å². The van der Waals surface area contributed by atoms with Gasteiger partial charge in [0.05, 0.1) is 11.1 Å². The van der Waals surface area contributed by atoms with Crippen molar-refractivity contribution in [3.63, 3.8) is 0 Å². The molecule has 1 N–H and O–H groups in total. The Morgan fingerprint density at radius 1 is 1.00 bits per heavy atom. The van der Waals surface area contributed by atoms with Crippen LogP contribution in [0.4, 0.5) is 13.2 Å². The minimum Gasteiger partial charge on any atom is -0.287 e. The third kappa shape index (κ3) is 2.59. The lowest BCUT2D eigenvalue weighted by atomic mass is 10.1. The number of benzene rings is 2. The fourth-order valence-electron chi connectivity index (χ4n) is 2.34. The van der Waals surface area contributed by atoms with Crippen LogP contribution in [0.1, 0.15) is 16.8 Å². The molecule has 0 radical (unpaired) electrons. The van der Waals surface area contributed by atoms with E-state index in [9.17, 15) is 18.0 Å². The second-order valence-corrected chi connectivity index (χ2v) is 4.89. The average Bonchev–Trinajstić information content (AvgIpc) is 2.50. The molecule has 112 valence electrons. The predicted molar refractivity (Wildman–Crippen MR) is 76.6 cm³/mol. The second kappa shape index (κ2) is 5.29. The van der Waals surface area contributed by atoms with Crippen molar-refractivity contribution in [1.29, 1.82) is 0 Å². The van der Waals surface area contributed by atoms with Crippen LogP contribution >= 0.6 is 0 Å². The van der Waals surface area contributed by atoms with E-state index in [2.05, 4.69) is 10.2 Å². The zero-order valence-corrected chi connectivity index (χ0v) is 11.3. The molecule has 3 rings (SSSR count). The van der Waals surface area contributed by atoms with Crippen LogP contribution < -0.4 is 5.43 Å². The van der Waals surface area contributed by atoms with E-state index >= 15 is 0 Å². The van der Waals surface area contributed by atoms with Crippen molar-refractivity contribution in [2.24, 2.45) is 0 Å². The van der Waals surface area contributed by atoms with Crippen molar-refractivity contribution in [1.82, 2.24) is 10.2 Å². The number of alkyl halides is 3. The number of aromatic nitrogens is 2. The Labute approximate surface area is 123 Å². The monoisotopic (exact) mass is 304 g/mol. The van der Waals surface area contributed by atoms with E-state index in [0.29, 0.717) is 0 Å². The van der Waals surface area contributed by atoms with Gasteiger partial charge in [-0.05, 0) is 17.7 Å². The number of halogens is 3. The molecule has 0 atom stereocenters. The SMILES string of the molecule is O=c1c(Cc2ccccc2)n[nH]c2c(C(F)(F)F)cccc12. The Hall–Kier alpha value is -2.63. The van der Waals surface area contributed by atoms with Gasteiger partial charge in [-0.15, -0.1) is 0 Å². The maximum Gasteiger partial charge on any atom is 0.418 e. The topological polar surface area (TPSA) is 45.8 Å². The first kappa shape index (κ1) is 14.3. The van der Waals surface area contributed by atoms with Crippen molar-refractivity contribution in [3.8, 4) is 0 Å². The highest BCUT2D eigenvalue weighted by atomic mass is 19.4. The molecule has 1 aromatic heterocycles. The Morgan fingerprint density at radius 3 is 2.41 bits per heavy atom. The highest BCUT2D eigenvalue weighted by molar-refractivity contribution is 5.81. The molecule has 0 bridgehead atoms. The Balaban J connectivity index is 2.13. The molecular formula is C16H11F3N2O. The molecule has 0 aliphatic rings. The van der Waals surface area contributed by atoms with E-state index in [0.717, 1.165) is 11.6 Å². The number of nitrogens with one attached hydrogen (secondary N) is 1. The first-order valence-corrected chi connectivity index (χ1v) is 6.58. The van der Waals surface area contributed by atoms with Crippen LogP contribution in [-0.2, 0) is 12.6 Å². The number of rotatable bonds is 2. The van der Waals surface area contributed by atoms with Crippen LogP contribution in [0.3, 0.4) is 0 Å². The number of hydrogen-bond acceptors (Lipinski definition) is 2. The predicted octanol–water partition coefficient (Wildman–Crippen LogP) is 3.53. The molecule has 2 aromatic carbocycles. The molecular weight excluding hydrogens is 293 g/mol. The van der Waals surface area contributed by atoms with Crippen LogP contribution in [0.15, 0.2) is 53.3 Å². The number of fused-ring (bicyclic) bond motifs is 1. The summed E-state index contributed by atoms with van der Waals surface area (Å²) in [6.45, 7) is 0. The van der Waals surface area contributed by atoms with Gasteiger partial charge < -0.3 is 0 Å². The molecule has 22 heavy (non-hydrogen) atoms. The van der Waals surface area contributed by atoms with E-state index in [4.69, 9.17) is 0 Å². The van der Waals surface area contributed by atoms with Gasteiger partial charge in [0.2, 0.25) is 5.43 Å². The normalized spacial score (nSPS) is 11.8. The van der Waals surface area contributed by atoms with Crippen LogP contribution in [0.5, 0.6) is 0 Å². The summed E-state index contributed by atoms with van der Waals surface area (Å²) in [5.41, 5.74) is -0.591. The van der Waals surface area contributed by atoms with Crippen LogP contribution in [0, 0.1) is 0 Å². The van der Waals surface area contributed by atoms with Crippen LogP contribution in [0.2, 0.25) is 0 Å². The fourth-order valence-corrected chi connectivity index (χ4v) is 2.34. The van der Waals surface area contributed by atoms with E-state index < -0.39 is 17.2 Å². The largest absolute Gasteiger partial charge is 0.418 e. The van der Waals surface area contributed by atoms with E-state index in [1.165, 1.54) is 12.1 Å². The summed E-state index contributed by atoms with van der Waals surface area (Å²) in [6, 6.07) is 12.7. The number of hydrogen-bond donors (Lipinski definition) is 1. The third-order valence-corrected chi connectivity index (χ3v) is 3.39. The lowest BCUT2D eigenvalue weighted by Gasteiger charge is -2.10. The van der Waals surface area contributed by atoms with Gasteiger partial charge in [-0.2, -0.15) is 18.3 Å². The summed E-state index contributed by atoms with van der Waals surface area (Å²) in [5, 5.41) is 6.22. The molecule has 0 saturated heterocycles. The third-order valence-electron chi connectivity index (χ3n) is 3.39. The molecule has 3 aromatic rings. The van der Waals surface area contributed by atoms with Crippen LogP contribution in [0.25, 0.3) is 10.9 Å². The first-order chi connectivity index (χ1) is 10.5. The van der Waals surface area contributed by atoms with Crippen molar-refractivity contribution >= 4 is 10.9 Å². The second-order valence-electron chi connectivity index (χ2n) is 4.89. The zero-order valence-electron chi connectivity index (χ0n) is 11.3. The van der Waals surface area contributed by atoms with Gasteiger partial charge in [-0.3, -0.25) is 9.89 Å². The minimum absolute atomic E-state index is 0.00393. The summed E-state index contributed by atoms with van der Waals surface area (Å²) in [7, 11) is 0. The molecule has 0 spiro atoms. The highest BCUT2D eigenvalue weighted by Crippen LogP contribution is 2.32. The molecule has 0 aliphatic carbocycles. The van der Waals surface area contributed by atoms with E-state index in [1.54, 1.807) is 0 Å². The standard InChI is InChI=1S/C16H11F3N2O/c17-16(18,19)12-8-4-7-11-14(12)21-20-13(15(11)22)9-10-5-2-1-3-6-10/h1-8H,9H2,(H,21,22). The molecule has 0 aliphatic heterocycles. The van der Waals surface area contributed by atoms with Gasteiger partial charge in [0.1, 0.15) is 5.69 Å². The van der Waals surface area contributed by atoms with Gasteiger partial charge in [-0.1, -0.05) is 36.4 Å². The van der Waals surface area contributed by atoms with Crippen molar-refractivity contribution < 1.29 is 13.2 Å². The number of H-pyrrole nitrogens is 1. The lowest BCUT2D eigenvalue weighted by molar-refractivity contribution is -0.136. The fraction of sp³-hybridized carbons (Fsp3) is 0.125. The Morgan fingerprint density at radius 2 is 1.73 bits per heavy atom. The smallest absolute Gasteiger partial charge is 0.287 e. The molecule has 0 fully saturated rings. The van der Waals surface area contributed by atoms with E-state index in [1.807, 2.05) is 30.3 Å². The Kier molecular flexibility index (Phi) is 3.44. The summed E-state index contributed by atoms with van der Waals surface area (Å²) in [4.78, 5) is 12.4. The summed E-state index contributed by atoms with van der Waals surface area (Å²) in [5.74, 6) is 0. The number of nitrogens with zero attached hydrogens (tertiary/aromatic N) is 1. The lowest BCUT2D eigenvalue weighted by Crippen LogP contribution is -2.16. The molecule has 6 heteroatoms. The molecule has 3 nitrogen and oxygen atoms in total. The van der Waals surface area contributed by atoms with Crippen molar-refractivity contribution in [2.75, 3.05) is 0 Å². The van der Waals surface area contributed by atoms with Crippen molar-refractivity contribution in [2.45, 2.75) is 12.6 Å². The van der Waals surface area contributed by atoms with Gasteiger partial charge in [0.15, 0.2) is 0 Å². The minimum atomic E-state index is -4.54. The zero-order chi connectivity index (χ0) is 15.7. The van der Waals surface area contributed by atoms with Gasteiger partial charge in [0.25, 0.3) is 0 Å². The summed E-state index contributed by atoms with van der Waals surface area (Å²) in [6.07, 6.45) is -4.27. The summed E-state index contributed by atoms with van der Waals surface area (Å²) < 4.78 is 38.8. The average molecular weight is 304 g/mol. The maximum absolute atomic E-state index is 12.9. The quantitative estimate of drug-likeness (QED) is 0.787. The van der Waals surface area contributed by atoms with Gasteiger partial charge in [-0.25, -0.2) is 0 Å². The maximum atomic E-state index is 12.9. The van der Waals surface area contributed by atoms with Gasteiger partial charge >= 0.3 is 6.18 Å². The van der Waals surface area contributed by atoms with Gasteiger partial charge in [0, 0.05) is 11.8 Å². The summed E-state index contributed by atoms with van der Waals surface area (Å²) >= 11 is 0. The van der Waals surface area contributed by atoms with Crippen molar-refractivity contribution in [3.05, 3.63) is 75.6 Å². The molecule has 0 saturated carbocycles. The Bertz CT molecular complexity index is 870. The van der Waals surface area contributed by atoms with Crippen LogP contribution in [-0.4, -0.2) is 10.2 Å². The molecule has 0 unspecified atom stereocenters. The highest BCUT2D eigenvalue weighted by Gasteiger charge is 2.33. The first-order valence-electron chi connectivity index (χ1n) is 6.58. The molecule has 1 heterocycles. The number of aromatic amines is 1.